The SMILES string of the molecule is CN=C(NNN)c1cc2c(CC(CCCOc3cc(C)c(Cl)c(C)c3)c3ccc(Cl)c(-c4c(C)nn(C)c4C)c3N[C@H](C)CNC=O)cccc2n1C. The van der Waals surface area contributed by atoms with Crippen molar-refractivity contribution in [2.45, 2.75) is 65.8 Å². The Labute approximate surface area is 322 Å². The van der Waals surface area contributed by atoms with Gasteiger partial charge in [0.05, 0.1) is 23.0 Å². The number of hydrogen-bond donors (Lipinski definition) is 5. The number of hydrazine groups is 2. The van der Waals surface area contributed by atoms with E-state index >= 15 is 0 Å². The van der Waals surface area contributed by atoms with Crippen LogP contribution in [0.1, 0.15) is 65.0 Å². The average Bonchev–Trinajstić information content (AvgIpc) is 3.60. The molecule has 0 aliphatic rings. The standard InChI is InChI=1S/C40H51Cl2N9O2/c1-23-17-30(18-24(2)38(23)42)53-16-10-12-28(19-29-11-9-13-34-32(29)20-35(50(34)7)40(44-6)47-49-43)31-14-15-33(41)37(36-26(4)48-51(8)27(36)5)39(31)46-25(3)21-45-22-52/h9,11,13-15,17-18,20,22,25,28,46,49H,10,12,16,19,21,43H2,1-8H3,(H,44,47)(H,45,52)/t25-,28?/m1/s1. The van der Waals surface area contributed by atoms with E-state index in [0.717, 1.165) is 97.9 Å². The summed E-state index contributed by atoms with van der Waals surface area (Å²) in [7, 11) is 5.70. The molecule has 0 aliphatic heterocycles. The lowest BCUT2D eigenvalue weighted by Gasteiger charge is -2.27. The molecule has 1 unspecified atom stereocenters. The summed E-state index contributed by atoms with van der Waals surface area (Å²) in [4.78, 5) is 15.7. The summed E-state index contributed by atoms with van der Waals surface area (Å²) in [6.07, 6.45) is 3.08. The number of ether oxygens (including phenoxy) is 1. The second kappa shape index (κ2) is 17.5. The van der Waals surface area contributed by atoms with Crippen molar-refractivity contribution in [2.24, 2.45) is 24.9 Å². The van der Waals surface area contributed by atoms with Crippen molar-refractivity contribution in [1.82, 2.24) is 30.6 Å². The van der Waals surface area contributed by atoms with Gasteiger partial charge in [0.1, 0.15) is 5.75 Å². The summed E-state index contributed by atoms with van der Waals surface area (Å²) in [5.74, 6) is 7.11. The van der Waals surface area contributed by atoms with E-state index in [0.29, 0.717) is 24.0 Å². The van der Waals surface area contributed by atoms with E-state index in [2.05, 4.69) is 75.3 Å². The number of rotatable bonds is 16. The van der Waals surface area contributed by atoms with Gasteiger partial charge >= 0.3 is 0 Å². The molecule has 2 atom stereocenters. The van der Waals surface area contributed by atoms with Crippen molar-refractivity contribution in [3.63, 3.8) is 0 Å². The first-order chi connectivity index (χ1) is 25.4. The number of nitrogens with zero attached hydrogens (tertiary/aromatic N) is 4. The van der Waals surface area contributed by atoms with Gasteiger partial charge in [-0.15, -0.1) is 0 Å². The Morgan fingerprint density at radius 2 is 1.79 bits per heavy atom. The summed E-state index contributed by atoms with van der Waals surface area (Å²) in [6.45, 7) is 11.1. The van der Waals surface area contributed by atoms with E-state index in [4.69, 9.17) is 38.9 Å². The quantitative estimate of drug-likeness (QED) is 0.0179. The van der Waals surface area contributed by atoms with Gasteiger partial charge in [-0.25, -0.2) is 0 Å². The number of amides is 1. The minimum atomic E-state index is -0.0932. The first kappa shape index (κ1) is 39.7. The maximum absolute atomic E-state index is 11.3. The van der Waals surface area contributed by atoms with Gasteiger partial charge in [0.25, 0.3) is 0 Å². The number of benzene rings is 3. The van der Waals surface area contributed by atoms with Gasteiger partial charge in [-0.2, -0.15) is 10.6 Å². The molecule has 2 aromatic heterocycles. The van der Waals surface area contributed by atoms with Gasteiger partial charge < -0.3 is 19.9 Å². The molecule has 3 aromatic carbocycles. The number of amidine groups is 1. The predicted octanol–water partition coefficient (Wildman–Crippen LogP) is 7.20. The zero-order valence-corrected chi connectivity index (χ0v) is 33.3. The number of aromatic nitrogens is 3. The Morgan fingerprint density at radius 1 is 1.06 bits per heavy atom. The molecule has 0 bridgehead atoms. The van der Waals surface area contributed by atoms with Crippen LogP contribution in [0, 0.1) is 27.7 Å². The lowest BCUT2D eigenvalue weighted by Crippen LogP contribution is -2.43. The second-order valence-electron chi connectivity index (χ2n) is 13.7. The molecular formula is C40H51Cl2N9O2. The lowest BCUT2D eigenvalue weighted by atomic mass is 9.84. The number of hydrogen-bond acceptors (Lipinski definition) is 7. The third kappa shape index (κ3) is 8.65. The Hall–Kier alpha value is -4.55. The van der Waals surface area contributed by atoms with Gasteiger partial charge in [0, 0.05) is 72.2 Å². The third-order valence-corrected chi connectivity index (χ3v) is 10.9. The van der Waals surface area contributed by atoms with E-state index < -0.39 is 0 Å². The number of anilines is 1. The molecule has 6 N–H and O–H groups in total. The van der Waals surface area contributed by atoms with Crippen LogP contribution in [-0.2, 0) is 25.3 Å². The highest BCUT2D eigenvalue weighted by Crippen LogP contribution is 2.45. The largest absolute Gasteiger partial charge is 0.494 e. The highest BCUT2D eigenvalue weighted by Gasteiger charge is 2.26. The summed E-state index contributed by atoms with van der Waals surface area (Å²) >= 11 is 13.6. The summed E-state index contributed by atoms with van der Waals surface area (Å²) in [6, 6.07) is 16.6. The molecule has 2 heterocycles. The van der Waals surface area contributed by atoms with Gasteiger partial charge in [0.2, 0.25) is 6.41 Å². The van der Waals surface area contributed by atoms with Crippen LogP contribution < -0.4 is 32.2 Å². The van der Waals surface area contributed by atoms with E-state index in [1.54, 1.807) is 7.05 Å². The number of nitrogens with two attached hydrogens (primary N) is 1. The van der Waals surface area contributed by atoms with Gasteiger partial charge in [0.15, 0.2) is 5.84 Å². The summed E-state index contributed by atoms with van der Waals surface area (Å²) in [5.41, 5.74) is 16.5. The normalized spacial score (nSPS) is 12.9. The molecule has 0 fully saturated rings. The third-order valence-electron chi connectivity index (χ3n) is 9.96. The maximum atomic E-state index is 11.3. The average molecular weight is 761 g/mol. The molecule has 0 saturated heterocycles. The van der Waals surface area contributed by atoms with Gasteiger partial charge in [-0.1, -0.05) is 41.4 Å². The van der Waals surface area contributed by atoms with Crippen LogP contribution in [0.3, 0.4) is 0 Å². The minimum absolute atomic E-state index is 0.0479. The molecule has 53 heavy (non-hydrogen) atoms. The molecule has 5 rings (SSSR count). The molecule has 0 saturated carbocycles. The van der Waals surface area contributed by atoms with Crippen molar-refractivity contribution in [2.75, 3.05) is 25.5 Å². The number of carbonyl (C=O) groups excluding carboxylic acids is 1. The molecule has 0 aliphatic carbocycles. The van der Waals surface area contributed by atoms with E-state index in [-0.39, 0.29) is 12.0 Å². The molecule has 13 heteroatoms. The van der Waals surface area contributed by atoms with Crippen LogP contribution in [0.4, 0.5) is 5.69 Å². The summed E-state index contributed by atoms with van der Waals surface area (Å²) < 4.78 is 10.3. The Balaban J connectivity index is 1.62. The first-order valence-corrected chi connectivity index (χ1v) is 18.6. The van der Waals surface area contributed by atoms with Crippen LogP contribution in [0.2, 0.25) is 10.0 Å². The number of nitrogens with one attached hydrogen (secondary N) is 4. The van der Waals surface area contributed by atoms with Gasteiger partial charge in [-0.05, 0) is 112 Å². The van der Waals surface area contributed by atoms with Crippen molar-refractivity contribution >= 4 is 52.0 Å². The minimum Gasteiger partial charge on any atom is -0.494 e. The number of carbonyl (C=O) groups is 1. The van der Waals surface area contributed by atoms with E-state index in [1.807, 2.05) is 57.7 Å². The monoisotopic (exact) mass is 759 g/mol. The second-order valence-corrected chi connectivity index (χ2v) is 14.5. The molecule has 0 radical (unpaired) electrons. The van der Waals surface area contributed by atoms with Crippen molar-refractivity contribution in [1.29, 1.82) is 0 Å². The maximum Gasteiger partial charge on any atom is 0.207 e. The van der Waals surface area contributed by atoms with E-state index in [9.17, 15) is 4.79 Å². The first-order valence-electron chi connectivity index (χ1n) is 17.8. The Kier molecular flexibility index (Phi) is 13.1. The molecular weight excluding hydrogens is 709 g/mol. The van der Waals surface area contributed by atoms with Crippen molar-refractivity contribution in [3.05, 3.63) is 97.9 Å². The fraction of sp³-hybridized carbons (Fsp3) is 0.375. The highest BCUT2D eigenvalue weighted by atomic mass is 35.5. The number of aliphatic imine (C=N–C) groups is 1. The van der Waals surface area contributed by atoms with Crippen LogP contribution in [-0.4, -0.2) is 52.8 Å². The fourth-order valence-electron chi connectivity index (χ4n) is 7.26. The molecule has 1 amide bonds. The molecule has 11 nitrogen and oxygen atoms in total. The van der Waals surface area contributed by atoms with Crippen LogP contribution in [0.15, 0.2) is 53.5 Å². The van der Waals surface area contributed by atoms with Crippen molar-refractivity contribution in [3.8, 4) is 16.9 Å². The van der Waals surface area contributed by atoms with Crippen LogP contribution >= 0.6 is 23.2 Å². The fourth-order valence-corrected chi connectivity index (χ4v) is 7.62. The van der Waals surface area contributed by atoms with Crippen molar-refractivity contribution < 1.29 is 9.53 Å². The molecule has 282 valence electrons. The smallest absolute Gasteiger partial charge is 0.207 e. The molecule has 5 aromatic rings. The number of aryl methyl sites for hydroxylation is 5. The van der Waals surface area contributed by atoms with Crippen LogP contribution in [0.25, 0.3) is 22.0 Å². The molecule has 0 spiro atoms. The topological polar surface area (TPSA) is 136 Å². The number of fused-ring (bicyclic) bond motifs is 1. The zero-order valence-electron chi connectivity index (χ0n) is 31.8. The van der Waals surface area contributed by atoms with E-state index in [1.165, 1.54) is 5.56 Å². The Bertz CT molecular complexity index is 2100. The predicted molar refractivity (Wildman–Crippen MR) is 218 cm³/mol. The van der Waals surface area contributed by atoms with Gasteiger partial charge in [-0.3, -0.25) is 25.7 Å². The number of halogens is 2. The zero-order chi connectivity index (χ0) is 38.4. The van der Waals surface area contributed by atoms with Crippen LogP contribution in [0.5, 0.6) is 5.75 Å². The summed E-state index contributed by atoms with van der Waals surface area (Å²) in [5, 5.41) is 13.9. The lowest BCUT2D eigenvalue weighted by molar-refractivity contribution is -0.109. The highest BCUT2D eigenvalue weighted by molar-refractivity contribution is 6.34. The Morgan fingerprint density at radius 3 is 2.43 bits per heavy atom.